The Balaban J connectivity index is 2.11. The Hall–Kier alpha value is -1.89. The van der Waals surface area contributed by atoms with Crippen LogP contribution >= 0.6 is 11.6 Å². The Bertz CT molecular complexity index is 882. The van der Waals surface area contributed by atoms with Crippen molar-refractivity contribution in [3.8, 4) is 0 Å². The summed E-state index contributed by atoms with van der Waals surface area (Å²) in [4.78, 5) is 12.5. The van der Waals surface area contributed by atoms with E-state index in [-0.39, 0.29) is 25.0 Å². The van der Waals surface area contributed by atoms with E-state index in [1.165, 1.54) is 0 Å². The second kappa shape index (κ2) is 9.35. The molecule has 146 valence electrons. The standard InChI is InChI=1S/C20H25ClN2O3S/c1-4-19(16-11-9-15(2)10-12-16)22-20(24)14-23(27(3,25)26)13-17-7-5-6-8-18(17)21/h5-12,19H,4,13-14H2,1-3H3,(H,22,24). The van der Waals surface area contributed by atoms with Crippen molar-refractivity contribution in [3.63, 3.8) is 0 Å². The zero-order chi connectivity index (χ0) is 20.0. The van der Waals surface area contributed by atoms with E-state index < -0.39 is 10.0 Å². The fraction of sp³-hybridized carbons (Fsp3) is 0.350. The molecule has 0 aliphatic rings. The minimum atomic E-state index is -3.57. The van der Waals surface area contributed by atoms with Gasteiger partial charge in [-0.25, -0.2) is 8.42 Å². The van der Waals surface area contributed by atoms with Gasteiger partial charge >= 0.3 is 0 Å². The third kappa shape index (κ3) is 6.34. The monoisotopic (exact) mass is 408 g/mol. The first kappa shape index (κ1) is 21.4. The smallest absolute Gasteiger partial charge is 0.235 e. The fourth-order valence-corrected chi connectivity index (χ4v) is 3.65. The highest BCUT2D eigenvalue weighted by Crippen LogP contribution is 2.19. The van der Waals surface area contributed by atoms with Gasteiger partial charge in [-0.3, -0.25) is 4.79 Å². The first-order chi connectivity index (χ1) is 12.7. The van der Waals surface area contributed by atoms with Crippen LogP contribution in [0.4, 0.5) is 0 Å². The Morgan fingerprint density at radius 2 is 1.78 bits per heavy atom. The molecule has 0 saturated heterocycles. The molecule has 27 heavy (non-hydrogen) atoms. The number of halogens is 1. The number of aryl methyl sites for hydroxylation is 1. The van der Waals surface area contributed by atoms with Gasteiger partial charge in [0.05, 0.1) is 18.8 Å². The normalized spacial score (nSPS) is 12.8. The van der Waals surface area contributed by atoms with Gasteiger partial charge in [0.1, 0.15) is 0 Å². The summed E-state index contributed by atoms with van der Waals surface area (Å²) in [7, 11) is -3.57. The van der Waals surface area contributed by atoms with Gasteiger partial charge in [-0.15, -0.1) is 0 Å². The third-order valence-electron chi connectivity index (χ3n) is 4.32. The predicted molar refractivity (Wildman–Crippen MR) is 109 cm³/mol. The zero-order valence-electron chi connectivity index (χ0n) is 15.8. The number of benzene rings is 2. The molecule has 2 aromatic rings. The second-order valence-electron chi connectivity index (χ2n) is 6.56. The highest BCUT2D eigenvalue weighted by Gasteiger charge is 2.23. The number of sulfonamides is 1. The van der Waals surface area contributed by atoms with Gasteiger partial charge in [0.2, 0.25) is 15.9 Å². The molecule has 0 fully saturated rings. The molecule has 5 nitrogen and oxygen atoms in total. The topological polar surface area (TPSA) is 66.5 Å². The highest BCUT2D eigenvalue weighted by atomic mass is 35.5. The van der Waals surface area contributed by atoms with Crippen LogP contribution in [0.5, 0.6) is 0 Å². The molecule has 1 unspecified atom stereocenters. The van der Waals surface area contributed by atoms with E-state index in [1.54, 1.807) is 24.3 Å². The molecule has 7 heteroatoms. The summed E-state index contributed by atoms with van der Waals surface area (Å²) >= 11 is 6.13. The van der Waals surface area contributed by atoms with Crippen LogP contribution < -0.4 is 5.32 Å². The van der Waals surface area contributed by atoms with E-state index in [2.05, 4.69) is 5.32 Å². The molecule has 2 rings (SSSR count). The van der Waals surface area contributed by atoms with Gasteiger partial charge in [-0.05, 0) is 30.5 Å². The maximum Gasteiger partial charge on any atom is 0.235 e. The molecular weight excluding hydrogens is 384 g/mol. The number of carbonyl (C=O) groups excluding carboxylic acids is 1. The molecule has 0 spiro atoms. The molecule has 0 heterocycles. The summed E-state index contributed by atoms with van der Waals surface area (Å²) in [5.74, 6) is -0.347. The quantitative estimate of drug-likeness (QED) is 0.724. The number of rotatable bonds is 8. The number of carbonyl (C=O) groups is 1. The summed E-state index contributed by atoms with van der Waals surface area (Å²) in [6.07, 6.45) is 1.80. The lowest BCUT2D eigenvalue weighted by Gasteiger charge is -2.23. The van der Waals surface area contributed by atoms with Crippen molar-refractivity contribution < 1.29 is 13.2 Å². The highest BCUT2D eigenvalue weighted by molar-refractivity contribution is 7.88. The van der Waals surface area contributed by atoms with Crippen LogP contribution in [0.2, 0.25) is 5.02 Å². The molecule has 0 saturated carbocycles. The van der Waals surface area contributed by atoms with Crippen LogP contribution in [0.15, 0.2) is 48.5 Å². The van der Waals surface area contributed by atoms with E-state index in [9.17, 15) is 13.2 Å². The van der Waals surface area contributed by atoms with Gasteiger partial charge in [0, 0.05) is 11.6 Å². The van der Waals surface area contributed by atoms with E-state index in [4.69, 9.17) is 11.6 Å². The van der Waals surface area contributed by atoms with E-state index >= 15 is 0 Å². The number of nitrogens with zero attached hydrogens (tertiary/aromatic N) is 1. The lowest BCUT2D eigenvalue weighted by Crippen LogP contribution is -2.41. The van der Waals surface area contributed by atoms with Crippen molar-refractivity contribution in [2.75, 3.05) is 12.8 Å². The van der Waals surface area contributed by atoms with Crippen molar-refractivity contribution in [3.05, 3.63) is 70.2 Å². The summed E-state index contributed by atoms with van der Waals surface area (Å²) in [6, 6.07) is 14.8. The molecule has 0 aliphatic carbocycles. The number of nitrogens with one attached hydrogen (secondary N) is 1. The largest absolute Gasteiger partial charge is 0.348 e. The minimum Gasteiger partial charge on any atom is -0.348 e. The zero-order valence-corrected chi connectivity index (χ0v) is 17.3. The Morgan fingerprint density at radius 3 is 2.33 bits per heavy atom. The molecule has 1 amide bonds. The first-order valence-electron chi connectivity index (χ1n) is 8.75. The molecule has 0 aliphatic heterocycles. The predicted octanol–water partition coefficient (Wildman–Crippen LogP) is 3.68. The Morgan fingerprint density at radius 1 is 1.15 bits per heavy atom. The van der Waals surface area contributed by atoms with Crippen molar-refractivity contribution in [2.24, 2.45) is 0 Å². The van der Waals surface area contributed by atoms with E-state index in [0.717, 1.165) is 21.7 Å². The molecule has 1 N–H and O–H groups in total. The fourth-order valence-electron chi connectivity index (χ4n) is 2.73. The number of amides is 1. The van der Waals surface area contributed by atoms with Gasteiger partial charge < -0.3 is 5.32 Å². The van der Waals surface area contributed by atoms with E-state index in [0.29, 0.717) is 17.0 Å². The van der Waals surface area contributed by atoms with Crippen LogP contribution in [0.1, 0.15) is 36.1 Å². The van der Waals surface area contributed by atoms with Gasteiger partial charge in [-0.2, -0.15) is 4.31 Å². The maximum atomic E-state index is 12.5. The second-order valence-corrected chi connectivity index (χ2v) is 8.95. The lowest BCUT2D eigenvalue weighted by atomic mass is 10.0. The molecular formula is C20H25ClN2O3S. The SMILES string of the molecule is CCC(NC(=O)CN(Cc1ccccc1Cl)S(C)(=O)=O)c1ccc(C)cc1. The van der Waals surface area contributed by atoms with Crippen LogP contribution in [-0.2, 0) is 21.4 Å². The van der Waals surface area contributed by atoms with Crippen LogP contribution in [0.3, 0.4) is 0 Å². The van der Waals surface area contributed by atoms with Crippen LogP contribution in [0, 0.1) is 6.92 Å². The summed E-state index contributed by atoms with van der Waals surface area (Å²) < 4.78 is 25.4. The minimum absolute atomic E-state index is 0.0489. The Labute approximate surface area is 166 Å². The Kier molecular flexibility index (Phi) is 7.41. The molecule has 2 aromatic carbocycles. The lowest BCUT2D eigenvalue weighted by molar-refractivity contribution is -0.122. The summed E-state index contributed by atoms with van der Waals surface area (Å²) in [5.41, 5.74) is 2.79. The van der Waals surface area contributed by atoms with Gasteiger partial charge in [0.25, 0.3) is 0 Å². The molecule has 0 bridgehead atoms. The average Bonchev–Trinajstić information content (AvgIpc) is 2.61. The van der Waals surface area contributed by atoms with Crippen molar-refractivity contribution >= 4 is 27.5 Å². The molecule has 0 radical (unpaired) electrons. The van der Waals surface area contributed by atoms with E-state index in [1.807, 2.05) is 38.1 Å². The summed E-state index contributed by atoms with van der Waals surface area (Å²) in [6.45, 7) is 3.77. The maximum absolute atomic E-state index is 12.5. The van der Waals surface area contributed by atoms with Crippen molar-refractivity contribution in [2.45, 2.75) is 32.9 Å². The number of hydrogen-bond acceptors (Lipinski definition) is 3. The van der Waals surface area contributed by atoms with Gasteiger partial charge in [0.15, 0.2) is 0 Å². The third-order valence-corrected chi connectivity index (χ3v) is 5.88. The van der Waals surface area contributed by atoms with Crippen molar-refractivity contribution in [1.29, 1.82) is 0 Å². The summed E-state index contributed by atoms with van der Waals surface area (Å²) in [5, 5.41) is 3.40. The van der Waals surface area contributed by atoms with Crippen LogP contribution in [0.25, 0.3) is 0 Å². The van der Waals surface area contributed by atoms with Crippen molar-refractivity contribution in [1.82, 2.24) is 9.62 Å². The number of hydrogen-bond donors (Lipinski definition) is 1. The average molecular weight is 409 g/mol. The molecule has 1 atom stereocenters. The van der Waals surface area contributed by atoms with Gasteiger partial charge in [-0.1, -0.05) is 66.6 Å². The molecule has 0 aromatic heterocycles. The van der Waals surface area contributed by atoms with Crippen LogP contribution in [-0.4, -0.2) is 31.4 Å². The first-order valence-corrected chi connectivity index (χ1v) is 11.0.